The van der Waals surface area contributed by atoms with Crippen LogP contribution >= 0.6 is 0 Å². The molecular weight excluding hydrogens is 442 g/mol. The highest BCUT2D eigenvalue weighted by molar-refractivity contribution is 6.83. The van der Waals surface area contributed by atoms with E-state index in [1.807, 2.05) is 57.2 Å². The minimum atomic E-state index is -1.61. The van der Waals surface area contributed by atoms with Crippen LogP contribution in [0.3, 0.4) is 0 Å². The third kappa shape index (κ3) is 6.11. The van der Waals surface area contributed by atoms with Crippen molar-refractivity contribution in [1.29, 1.82) is 0 Å². The Balaban J connectivity index is 1.72. The molecule has 0 amide bonds. The van der Waals surface area contributed by atoms with Crippen molar-refractivity contribution in [2.45, 2.75) is 64.8 Å². The van der Waals surface area contributed by atoms with Crippen molar-refractivity contribution in [3.8, 4) is 22.9 Å². The molecule has 2 heterocycles. The van der Waals surface area contributed by atoms with Crippen LogP contribution < -0.4 is 5.32 Å². The van der Waals surface area contributed by atoms with Gasteiger partial charge in [-0.25, -0.2) is 14.8 Å². The molecule has 8 heteroatoms. The summed E-state index contributed by atoms with van der Waals surface area (Å²) in [6, 6.07) is 11.7. The molecule has 1 N–H and O–H groups in total. The largest absolute Gasteiger partial charge is 0.442 e. The Morgan fingerprint density at radius 2 is 1.88 bits per heavy atom. The third-order valence-corrected chi connectivity index (χ3v) is 5.81. The van der Waals surface area contributed by atoms with Gasteiger partial charge < -0.3 is 10.1 Å². The number of hydrogen-bond donors (Lipinski definition) is 1. The SMILES string of the molecule is CC(C)(C)OC(=O)n1nc(Nc2nc(-c3ccccc3)ncc2C#C[Si](C)(C)C)cc1C1CC1. The fraction of sp³-hybridized carbons (Fsp3) is 0.385. The van der Waals surface area contributed by atoms with E-state index in [1.165, 1.54) is 4.68 Å². The van der Waals surface area contributed by atoms with Crippen molar-refractivity contribution in [2.24, 2.45) is 0 Å². The van der Waals surface area contributed by atoms with E-state index < -0.39 is 19.8 Å². The summed E-state index contributed by atoms with van der Waals surface area (Å²) in [4.78, 5) is 22.1. The van der Waals surface area contributed by atoms with Crippen LogP contribution in [0.4, 0.5) is 16.4 Å². The molecule has 1 aliphatic carbocycles. The van der Waals surface area contributed by atoms with E-state index >= 15 is 0 Å². The average molecular weight is 474 g/mol. The van der Waals surface area contributed by atoms with Gasteiger partial charge in [-0.1, -0.05) is 55.9 Å². The van der Waals surface area contributed by atoms with E-state index in [2.05, 4.69) is 46.5 Å². The van der Waals surface area contributed by atoms with Crippen molar-refractivity contribution < 1.29 is 9.53 Å². The van der Waals surface area contributed by atoms with Crippen LogP contribution in [0.2, 0.25) is 19.6 Å². The number of benzene rings is 1. The first kappa shape index (κ1) is 23.7. The average Bonchev–Trinajstić information content (AvgIpc) is 3.51. The summed E-state index contributed by atoms with van der Waals surface area (Å²) >= 11 is 0. The first-order chi connectivity index (χ1) is 16.0. The van der Waals surface area contributed by atoms with E-state index in [0.717, 1.165) is 24.1 Å². The monoisotopic (exact) mass is 473 g/mol. The van der Waals surface area contributed by atoms with Gasteiger partial charge >= 0.3 is 6.09 Å². The number of aromatic nitrogens is 4. The summed E-state index contributed by atoms with van der Waals surface area (Å²) in [5.41, 5.74) is 5.24. The molecule has 0 spiro atoms. The maximum atomic E-state index is 12.8. The van der Waals surface area contributed by atoms with Crippen molar-refractivity contribution in [3.63, 3.8) is 0 Å². The lowest BCUT2D eigenvalue weighted by atomic mass is 10.2. The summed E-state index contributed by atoms with van der Waals surface area (Å²) in [6.07, 6.45) is 3.34. The van der Waals surface area contributed by atoms with Crippen molar-refractivity contribution >= 4 is 25.8 Å². The fourth-order valence-corrected chi connectivity index (χ4v) is 3.76. The molecule has 3 aromatic rings. The first-order valence-corrected chi connectivity index (χ1v) is 15.0. The highest BCUT2D eigenvalue weighted by Crippen LogP contribution is 2.41. The lowest BCUT2D eigenvalue weighted by Crippen LogP contribution is -2.28. The minimum Gasteiger partial charge on any atom is -0.442 e. The Labute approximate surface area is 202 Å². The molecular formula is C26H31N5O2Si. The zero-order valence-electron chi connectivity index (χ0n) is 20.6. The molecule has 1 fully saturated rings. The second kappa shape index (κ2) is 9.07. The highest BCUT2D eigenvalue weighted by atomic mass is 28.3. The van der Waals surface area contributed by atoms with Crippen molar-refractivity contribution in [2.75, 3.05) is 5.32 Å². The van der Waals surface area contributed by atoms with Crippen LogP contribution in [0.1, 0.15) is 50.8 Å². The van der Waals surface area contributed by atoms with Crippen LogP contribution in [0, 0.1) is 11.5 Å². The van der Waals surface area contributed by atoms with Crippen LogP contribution in [0.5, 0.6) is 0 Å². The first-order valence-electron chi connectivity index (χ1n) is 11.5. The van der Waals surface area contributed by atoms with Gasteiger partial charge in [-0.3, -0.25) is 0 Å². The van der Waals surface area contributed by atoms with Crippen LogP contribution in [-0.4, -0.2) is 39.5 Å². The van der Waals surface area contributed by atoms with Gasteiger partial charge in [-0.2, -0.15) is 4.68 Å². The van der Waals surface area contributed by atoms with Crippen LogP contribution in [0.15, 0.2) is 42.6 Å². The van der Waals surface area contributed by atoms with Gasteiger partial charge in [0.1, 0.15) is 13.7 Å². The number of carbonyl (C=O) groups excluding carboxylic acids is 1. The number of rotatable bonds is 4. The Hall–Kier alpha value is -3.44. The summed E-state index contributed by atoms with van der Waals surface area (Å²) in [6.45, 7) is 12.1. The molecule has 176 valence electrons. The molecule has 1 aromatic carbocycles. The van der Waals surface area contributed by atoms with Gasteiger partial charge in [0, 0.05) is 23.7 Å². The Bertz CT molecular complexity index is 1260. The number of carbonyl (C=O) groups is 1. The molecule has 0 radical (unpaired) electrons. The van der Waals surface area contributed by atoms with E-state index in [0.29, 0.717) is 28.9 Å². The second-order valence-electron chi connectivity index (χ2n) is 10.6. The molecule has 7 nitrogen and oxygen atoms in total. The topological polar surface area (TPSA) is 81.9 Å². The standard InChI is InChI=1S/C26H31N5O2Si/c1-26(2,3)33-25(32)31-21(18-12-13-18)16-22(30-31)28-24-20(14-15-34(4,5)6)17-27-23(29-24)19-10-8-7-9-11-19/h7-11,16-18H,12-13H2,1-6H3,(H,27,28,29,30). The number of hydrogen-bond acceptors (Lipinski definition) is 6. The smallest absolute Gasteiger partial charge is 0.435 e. The van der Waals surface area contributed by atoms with Crippen molar-refractivity contribution in [1.82, 2.24) is 19.7 Å². The molecule has 1 saturated carbocycles. The summed E-state index contributed by atoms with van der Waals surface area (Å²) in [5, 5.41) is 7.84. The van der Waals surface area contributed by atoms with E-state index in [4.69, 9.17) is 9.72 Å². The molecule has 34 heavy (non-hydrogen) atoms. The van der Waals surface area contributed by atoms with E-state index in [1.54, 1.807) is 6.20 Å². The van der Waals surface area contributed by atoms with Crippen LogP contribution in [-0.2, 0) is 4.74 Å². The van der Waals surface area contributed by atoms with Gasteiger partial charge in [-0.05, 0) is 33.6 Å². The fourth-order valence-electron chi connectivity index (χ4n) is 3.25. The normalized spacial score (nSPS) is 13.7. The summed E-state index contributed by atoms with van der Waals surface area (Å²) < 4.78 is 6.95. The van der Waals surface area contributed by atoms with Crippen LogP contribution in [0.25, 0.3) is 11.4 Å². The zero-order chi connectivity index (χ0) is 24.5. The molecule has 4 rings (SSSR count). The maximum Gasteiger partial charge on any atom is 0.435 e. The van der Waals surface area contributed by atoms with Gasteiger partial charge in [0.05, 0.1) is 11.3 Å². The Morgan fingerprint density at radius 3 is 2.50 bits per heavy atom. The molecule has 0 bridgehead atoms. The van der Waals surface area contributed by atoms with Gasteiger partial charge in [-0.15, -0.1) is 10.6 Å². The van der Waals surface area contributed by atoms with Gasteiger partial charge in [0.25, 0.3) is 0 Å². The number of ether oxygens (including phenoxy) is 1. The predicted octanol–water partition coefficient (Wildman–Crippen LogP) is 5.97. The van der Waals surface area contributed by atoms with E-state index in [9.17, 15) is 4.79 Å². The number of anilines is 2. The van der Waals surface area contributed by atoms with Gasteiger partial charge in [0.2, 0.25) is 0 Å². The number of nitrogens with zero attached hydrogens (tertiary/aromatic N) is 4. The quantitative estimate of drug-likeness (QED) is 0.371. The molecule has 0 aliphatic heterocycles. The highest BCUT2D eigenvalue weighted by Gasteiger charge is 2.32. The summed E-state index contributed by atoms with van der Waals surface area (Å²) in [7, 11) is -1.61. The molecule has 0 saturated heterocycles. The Kier molecular flexibility index (Phi) is 6.32. The lowest BCUT2D eigenvalue weighted by Gasteiger charge is -2.19. The second-order valence-corrected chi connectivity index (χ2v) is 15.3. The predicted molar refractivity (Wildman–Crippen MR) is 137 cm³/mol. The Morgan fingerprint density at radius 1 is 1.18 bits per heavy atom. The third-order valence-electron chi connectivity index (χ3n) is 4.94. The lowest BCUT2D eigenvalue weighted by molar-refractivity contribution is 0.0510. The van der Waals surface area contributed by atoms with Gasteiger partial charge in [0.15, 0.2) is 17.5 Å². The molecule has 1 aliphatic rings. The number of nitrogens with one attached hydrogen (secondary N) is 1. The summed E-state index contributed by atoms with van der Waals surface area (Å²) in [5.74, 6) is 5.26. The molecule has 0 unspecified atom stereocenters. The maximum absolute atomic E-state index is 12.8. The van der Waals surface area contributed by atoms with E-state index in [-0.39, 0.29) is 0 Å². The zero-order valence-corrected chi connectivity index (χ0v) is 21.6. The minimum absolute atomic E-state index is 0.312. The van der Waals surface area contributed by atoms with Crippen molar-refractivity contribution in [3.05, 3.63) is 53.9 Å². The molecule has 2 aromatic heterocycles. The molecule has 0 atom stereocenters.